The van der Waals surface area contributed by atoms with Crippen LogP contribution >= 0.6 is 0 Å². The molecule has 132 valence electrons. The van der Waals surface area contributed by atoms with Crippen LogP contribution in [0.5, 0.6) is 0 Å². The van der Waals surface area contributed by atoms with Crippen LogP contribution in [-0.4, -0.2) is 43.8 Å². The van der Waals surface area contributed by atoms with Crippen molar-refractivity contribution in [3.63, 3.8) is 0 Å². The largest absolute Gasteiger partial charge is 0.369 e. The van der Waals surface area contributed by atoms with Crippen molar-refractivity contribution < 1.29 is 13.3 Å². The van der Waals surface area contributed by atoms with Gasteiger partial charge in [0.15, 0.2) is 0 Å². The molecule has 0 amide bonds. The van der Waals surface area contributed by atoms with Crippen molar-refractivity contribution in [3.8, 4) is 0 Å². The molecule has 0 unspecified atom stereocenters. The van der Waals surface area contributed by atoms with E-state index >= 15 is 0 Å². The highest BCUT2D eigenvalue weighted by Crippen LogP contribution is 2.23. The number of nitro benzene ring substituents is 1. The van der Waals surface area contributed by atoms with E-state index < -0.39 is 14.9 Å². The number of aryl methyl sites for hydroxylation is 1. The highest BCUT2D eigenvalue weighted by atomic mass is 32.2. The van der Waals surface area contributed by atoms with E-state index in [1.165, 1.54) is 34.1 Å². The van der Waals surface area contributed by atoms with Gasteiger partial charge in [-0.2, -0.15) is 4.31 Å². The van der Waals surface area contributed by atoms with Crippen LogP contribution in [0.1, 0.15) is 5.56 Å². The van der Waals surface area contributed by atoms with Crippen LogP contribution in [0.15, 0.2) is 53.4 Å². The predicted molar refractivity (Wildman–Crippen MR) is 95.2 cm³/mol. The summed E-state index contributed by atoms with van der Waals surface area (Å²) in [6.45, 7) is 4.00. The summed E-state index contributed by atoms with van der Waals surface area (Å²) < 4.78 is 26.8. The van der Waals surface area contributed by atoms with E-state index in [9.17, 15) is 18.5 Å². The highest BCUT2D eigenvalue weighted by Gasteiger charge is 2.28. The normalized spacial score (nSPS) is 16.0. The number of hydrogen-bond acceptors (Lipinski definition) is 5. The van der Waals surface area contributed by atoms with Crippen LogP contribution in [0.4, 0.5) is 11.4 Å². The van der Waals surface area contributed by atoms with Gasteiger partial charge in [-0.05, 0) is 36.8 Å². The van der Waals surface area contributed by atoms with Gasteiger partial charge in [-0.1, -0.05) is 12.1 Å². The zero-order chi connectivity index (χ0) is 18.0. The Hall–Kier alpha value is -2.45. The lowest BCUT2D eigenvalue weighted by atomic mass is 10.2. The van der Waals surface area contributed by atoms with Gasteiger partial charge < -0.3 is 4.90 Å². The second-order valence-electron chi connectivity index (χ2n) is 5.98. The number of nitrogens with zero attached hydrogens (tertiary/aromatic N) is 3. The van der Waals surface area contributed by atoms with Gasteiger partial charge in [-0.3, -0.25) is 10.1 Å². The molecule has 0 N–H and O–H groups in total. The summed E-state index contributed by atoms with van der Waals surface area (Å²) in [6, 6.07) is 13.1. The molecule has 3 rings (SSSR count). The Labute approximate surface area is 146 Å². The van der Waals surface area contributed by atoms with Crippen molar-refractivity contribution in [2.24, 2.45) is 0 Å². The number of piperazine rings is 1. The van der Waals surface area contributed by atoms with Gasteiger partial charge in [0, 0.05) is 44.0 Å². The van der Waals surface area contributed by atoms with Crippen molar-refractivity contribution in [2.75, 3.05) is 31.1 Å². The molecule has 2 aromatic rings. The fraction of sp³-hybridized carbons (Fsp3) is 0.294. The fourth-order valence-electron chi connectivity index (χ4n) is 2.90. The van der Waals surface area contributed by atoms with E-state index in [-0.39, 0.29) is 10.6 Å². The predicted octanol–water partition coefficient (Wildman–Crippen LogP) is 2.41. The van der Waals surface area contributed by atoms with Crippen LogP contribution in [-0.2, 0) is 10.0 Å². The summed E-state index contributed by atoms with van der Waals surface area (Å²) in [4.78, 5) is 12.4. The first kappa shape index (κ1) is 17.4. The van der Waals surface area contributed by atoms with E-state index in [1.54, 1.807) is 0 Å². The topological polar surface area (TPSA) is 83.8 Å². The third kappa shape index (κ3) is 3.64. The third-order valence-corrected chi connectivity index (χ3v) is 6.20. The Balaban J connectivity index is 1.72. The molecule has 1 heterocycles. The van der Waals surface area contributed by atoms with E-state index in [0.29, 0.717) is 26.2 Å². The molecular weight excluding hydrogens is 342 g/mol. The lowest BCUT2D eigenvalue weighted by Crippen LogP contribution is -2.48. The summed E-state index contributed by atoms with van der Waals surface area (Å²) in [5, 5.41) is 10.7. The lowest BCUT2D eigenvalue weighted by molar-refractivity contribution is -0.384. The lowest BCUT2D eigenvalue weighted by Gasteiger charge is -2.35. The quantitative estimate of drug-likeness (QED) is 0.617. The molecule has 7 nitrogen and oxygen atoms in total. The van der Waals surface area contributed by atoms with Gasteiger partial charge in [0.1, 0.15) is 0 Å². The minimum absolute atomic E-state index is 0.0853. The van der Waals surface area contributed by atoms with Crippen molar-refractivity contribution >= 4 is 21.4 Å². The molecule has 1 saturated heterocycles. The summed E-state index contributed by atoms with van der Waals surface area (Å²) in [5.41, 5.74) is 2.13. The van der Waals surface area contributed by atoms with E-state index in [1.807, 2.05) is 25.1 Å². The monoisotopic (exact) mass is 361 g/mol. The Kier molecular flexibility index (Phi) is 4.73. The molecule has 1 aliphatic rings. The van der Waals surface area contributed by atoms with Gasteiger partial charge in [0.25, 0.3) is 5.69 Å². The van der Waals surface area contributed by atoms with Crippen molar-refractivity contribution in [1.82, 2.24) is 4.31 Å². The molecule has 2 aromatic carbocycles. The van der Waals surface area contributed by atoms with Crippen molar-refractivity contribution in [1.29, 1.82) is 0 Å². The number of nitro groups is 1. The molecule has 0 radical (unpaired) electrons. The first-order valence-electron chi connectivity index (χ1n) is 7.94. The van der Waals surface area contributed by atoms with Gasteiger partial charge >= 0.3 is 0 Å². The van der Waals surface area contributed by atoms with Gasteiger partial charge in [0.05, 0.1) is 9.82 Å². The zero-order valence-corrected chi connectivity index (χ0v) is 14.6. The molecule has 0 saturated carbocycles. The maximum Gasteiger partial charge on any atom is 0.269 e. The fourth-order valence-corrected chi connectivity index (χ4v) is 4.32. The van der Waals surface area contributed by atoms with Crippen LogP contribution in [0.25, 0.3) is 0 Å². The van der Waals surface area contributed by atoms with Crippen molar-refractivity contribution in [3.05, 3.63) is 64.2 Å². The van der Waals surface area contributed by atoms with E-state index in [4.69, 9.17) is 0 Å². The van der Waals surface area contributed by atoms with Gasteiger partial charge in [-0.25, -0.2) is 8.42 Å². The first-order chi connectivity index (χ1) is 11.9. The molecule has 1 aliphatic heterocycles. The van der Waals surface area contributed by atoms with E-state index in [0.717, 1.165) is 5.69 Å². The third-order valence-electron chi connectivity index (χ3n) is 4.29. The van der Waals surface area contributed by atoms with E-state index in [2.05, 4.69) is 11.0 Å². The summed E-state index contributed by atoms with van der Waals surface area (Å²) in [6.07, 6.45) is 0. The minimum atomic E-state index is -3.63. The second-order valence-corrected chi connectivity index (χ2v) is 7.92. The molecule has 0 aliphatic carbocycles. The molecule has 1 fully saturated rings. The summed E-state index contributed by atoms with van der Waals surface area (Å²) >= 11 is 0. The average molecular weight is 361 g/mol. The Morgan fingerprint density at radius 1 is 1.00 bits per heavy atom. The van der Waals surface area contributed by atoms with Crippen LogP contribution in [0, 0.1) is 17.0 Å². The minimum Gasteiger partial charge on any atom is -0.369 e. The van der Waals surface area contributed by atoms with Gasteiger partial charge in [0.2, 0.25) is 10.0 Å². The number of sulfonamides is 1. The standard InChI is InChI=1S/C17H19N3O4S/c1-14-3-2-4-16(13-14)18-9-11-19(12-10-18)25(23,24)17-7-5-15(6-8-17)20(21)22/h2-8,13H,9-12H2,1H3. The Morgan fingerprint density at radius 2 is 1.64 bits per heavy atom. The zero-order valence-electron chi connectivity index (χ0n) is 13.8. The molecule has 0 bridgehead atoms. The maximum atomic E-state index is 12.7. The number of benzene rings is 2. The smallest absolute Gasteiger partial charge is 0.269 e. The molecule has 0 atom stereocenters. The number of anilines is 1. The van der Waals surface area contributed by atoms with Gasteiger partial charge in [-0.15, -0.1) is 0 Å². The number of hydrogen-bond donors (Lipinski definition) is 0. The first-order valence-corrected chi connectivity index (χ1v) is 9.38. The summed E-state index contributed by atoms with van der Waals surface area (Å²) in [7, 11) is -3.63. The SMILES string of the molecule is Cc1cccc(N2CCN(S(=O)(=O)c3ccc([N+](=O)[O-])cc3)CC2)c1. The van der Waals surface area contributed by atoms with Crippen LogP contribution in [0.3, 0.4) is 0 Å². The molecule has 0 spiro atoms. The molecule has 25 heavy (non-hydrogen) atoms. The Morgan fingerprint density at radius 3 is 2.20 bits per heavy atom. The van der Waals surface area contributed by atoms with Crippen LogP contribution in [0.2, 0.25) is 0 Å². The molecule has 8 heteroatoms. The summed E-state index contributed by atoms with van der Waals surface area (Å²) in [5.74, 6) is 0. The highest BCUT2D eigenvalue weighted by molar-refractivity contribution is 7.89. The van der Waals surface area contributed by atoms with Crippen LogP contribution < -0.4 is 4.90 Å². The second kappa shape index (κ2) is 6.81. The number of non-ortho nitro benzene ring substituents is 1. The number of rotatable bonds is 4. The molecule has 0 aromatic heterocycles. The Bertz CT molecular complexity index is 873. The molecular formula is C17H19N3O4S. The average Bonchev–Trinajstić information content (AvgIpc) is 2.62. The maximum absolute atomic E-state index is 12.7. The van der Waals surface area contributed by atoms with Crippen molar-refractivity contribution in [2.45, 2.75) is 11.8 Å².